The molecule has 78 valence electrons. The molecule has 0 aromatic carbocycles. The van der Waals surface area contributed by atoms with Crippen LogP contribution in [0, 0.1) is 0 Å². The lowest BCUT2D eigenvalue weighted by atomic mass is 10.4. The zero-order chi connectivity index (χ0) is 10.6. The lowest BCUT2D eigenvalue weighted by molar-refractivity contribution is 0.598. The Bertz CT molecular complexity index is 386. The Labute approximate surface area is 83.3 Å². The molecule has 0 aliphatic heterocycles. The Morgan fingerprint density at radius 2 is 2.21 bits per heavy atom. The fourth-order valence-electron chi connectivity index (χ4n) is 0.921. The van der Waals surface area contributed by atoms with Crippen LogP contribution in [0.4, 0.5) is 5.69 Å². The van der Waals surface area contributed by atoms with Gasteiger partial charge in [-0.1, -0.05) is 0 Å². The van der Waals surface area contributed by atoms with E-state index in [1.54, 1.807) is 6.07 Å². The highest BCUT2D eigenvalue weighted by Crippen LogP contribution is 2.09. The molecule has 0 spiro atoms. The summed E-state index contributed by atoms with van der Waals surface area (Å²) in [5.41, 5.74) is 6.06. The summed E-state index contributed by atoms with van der Waals surface area (Å²) in [5, 5.41) is 3.07. The van der Waals surface area contributed by atoms with E-state index < -0.39 is 9.84 Å². The molecule has 0 radical (unpaired) electrons. The van der Waals surface area contributed by atoms with E-state index in [2.05, 4.69) is 10.3 Å². The van der Waals surface area contributed by atoms with Crippen LogP contribution in [0.2, 0.25) is 0 Å². The number of pyridine rings is 1. The van der Waals surface area contributed by atoms with Gasteiger partial charge in [-0.15, -0.1) is 0 Å². The standard InChI is InChI=1S/C8H13N3O2S/c1-14(12,13)8-3-2-7(6-11-8)10-5-4-9/h2-3,6,10H,4-5,9H2,1H3. The van der Waals surface area contributed by atoms with Gasteiger partial charge in [-0.2, -0.15) is 0 Å². The van der Waals surface area contributed by atoms with Gasteiger partial charge in [0.1, 0.15) is 0 Å². The molecule has 0 amide bonds. The average Bonchev–Trinajstić information content (AvgIpc) is 2.14. The number of nitrogens with zero attached hydrogens (tertiary/aromatic N) is 1. The Balaban J connectivity index is 2.79. The Hall–Kier alpha value is -1.14. The molecule has 1 heterocycles. The molecule has 0 aliphatic rings. The van der Waals surface area contributed by atoms with Crippen molar-refractivity contribution in [1.29, 1.82) is 0 Å². The van der Waals surface area contributed by atoms with Gasteiger partial charge in [0, 0.05) is 19.3 Å². The first kappa shape index (κ1) is 10.9. The molecular formula is C8H13N3O2S. The SMILES string of the molecule is CS(=O)(=O)c1ccc(NCCN)cn1. The molecule has 1 aromatic heterocycles. The third kappa shape index (κ3) is 2.97. The number of hydrogen-bond acceptors (Lipinski definition) is 5. The summed E-state index contributed by atoms with van der Waals surface area (Å²) in [5.74, 6) is 0. The van der Waals surface area contributed by atoms with Crippen LogP contribution in [0.1, 0.15) is 0 Å². The maximum atomic E-state index is 11.1. The minimum atomic E-state index is -3.20. The second-order valence-electron chi connectivity index (χ2n) is 2.87. The molecule has 0 atom stereocenters. The Kier molecular flexibility index (Phi) is 3.43. The van der Waals surface area contributed by atoms with Crippen LogP contribution in [-0.4, -0.2) is 32.7 Å². The highest BCUT2D eigenvalue weighted by Gasteiger charge is 2.07. The quantitative estimate of drug-likeness (QED) is 0.730. The van der Waals surface area contributed by atoms with Crippen LogP contribution >= 0.6 is 0 Å². The first-order valence-electron chi connectivity index (χ1n) is 4.14. The van der Waals surface area contributed by atoms with Gasteiger partial charge in [-0.3, -0.25) is 0 Å². The molecule has 14 heavy (non-hydrogen) atoms. The molecule has 3 N–H and O–H groups in total. The van der Waals surface area contributed by atoms with E-state index in [9.17, 15) is 8.42 Å². The average molecular weight is 215 g/mol. The second-order valence-corrected chi connectivity index (χ2v) is 4.84. The maximum absolute atomic E-state index is 11.1. The Morgan fingerprint density at radius 1 is 1.50 bits per heavy atom. The molecule has 0 saturated carbocycles. The van der Waals surface area contributed by atoms with Gasteiger partial charge in [0.05, 0.1) is 11.9 Å². The van der Waals surface area contributed by atoms with Crippen LogP contribution < -0.4 is 11.1 Å². The van der Waals surface area contributed by atoms with Crippen molar-refractivity contribution < 1.29 is 8.42 Å². The number of anilines is 1. The highest BCUT2D eigenvalue weighted by atomic mass is 32.2. The maximum Gasteiger partial charge on any atom is 0.192 e. The van der Waals surface area contributed by atoms with Crippen molar-refractivity contribution in [2.24, 2.45) is 5.73 Å². The van der Waals surface area contributed by atoms with Crippen molar-refractivity contribution in [3.63, 3.8) is 0 Å². The number of rotatable bonds is 4. The van der Waals surface area contributed by atoms with Crippen LogP contribution in [0.15, 0.2) is 23.4 Å². The lowest BCUT2D eigenvalue weighted by Gasteiger charge is -2.04. The summed E-state index contributed by atoms with van der Waals surface area (Å²) in [4.78, 5) is 3.81. The number of nitrogens with two attached hydrogens (primary N) is 1. The molecule has 1 aromatic rings. The van der Waals surface area contributed by atoms with Gasteiger partial charge in [0.25, 0.3) is 0 Å². The van der Waals surface area contributed by atoms with Crippen molar-refractivity contribution in [3.8, 4) is 0 Å². The molecule has 6 heteroatoms. The minimum absolute atomic E-state index is 0.0794. The van der Waals surface area contributed by atoms with Crippen LogP contribution in [-0.2, 0) is 9.84 Å². The number of nitrogens with one attached hydrogen (secondary N) is 1. The van der Waals surface area contributed by atoms with Gasteiger partial charge < -0.3 is 11.1 Å². The fraction of sp³-hybridized carbons (Fsp3) is 0.375. The molecule has 0 saturated heterocycles. The molecule has 0 aliphatic carbocycles. The van der Waals surface area contributed by atoms with E-state index in [1.165, 1.54) is 12.3 Å². The molecule has 0 fully saturated rings. The van der Waals surface area contributed by atoms with E-state index in [4.69, 9.17) is 5.73 Å². The predicted molar refractivity (Wildman–Crippen MR) is 54.9 cm³/mol. The first-order valence-corrected chi connectivity index (χ1v) is 6.03. The van der Waals surface area contributed by atoms with Crippen molar-refractivity contribution in [1.82, 2.24) is 4.98 Å². The van der Waals surface area contributed by atoms with Crippen LogP contribution in [0.3, 0.4) is 0 Å². The normalized spacial score (nSPS) is 11.3. The van der Waals surface area contributed by atoms with Crippen LogP contribution in [0.5, 0.6) is 0 Å². The summed E-state index contributed by atoms with van der Waals surface area (Å²) >= 11 is 0. The van der Waals surface area contributed by atoms with Crippen molar-refractivity contribution >= 4 is 15.5 Å². The zero-order valence-electron chi connectivity index (χ0n) is 7.90. The number of hydrogen-bond donors (Lipinski definition) is 2. The van der Waals surface area contributed by atoms with E-state index in [-0.39, 0.29) is 5.03 Å². The fourth-order valence-corrected chi connectivity index (χ4v) is 1.48. The van der Waals surface area contributed by atoms with Gasteiger partial charge in [-0.05, 0) is 12.1 Å². The summed E-state index contributed by atoms with van der Waals surface area (Å²) < 4.78 is 22.1. The van der Waals surface area contributed by atoms with Crippen molar-refractivity contribution in [2.45, 2.75) is 5.03 Å². The zero-order valence-corrected chi connectivity index (χ0v) is 8.71. The van der Waals surface area contributed by atoms with Gasteiger partial charge >= 0.3 is 0 Å². The third-order valence-corrected chi connectivity index (χ3v) is 2.59. The summed E-state index contributed by atoms with van der Waals surface area (Å²) in [6, 6.07) is 3.13. The van der Waals surface area contributed by atoms with E-state index in [1.807, 2.05) is 0 Å². The van der Waals surface area contributed by atoms with Gasteiger partial charge in [0.2, 0.25) is 0 Å². The third-order valence-electron chi connectivity index (χ3n) is 1.59. The molecule has 5 nitrogen and oxygen atoms in total. The van der Waals surface area contributed by atoms with Gasteiger partial charge in [-0.25, -0.2) is 13.4 Å². The Morgan fingerprint density at radius 3 is 2.64 bits per heavy atom. The monoisotopic (exact) mass is 215 g/mol. The summed E-state index contributed by atoms with van der Waals surface area (Å²) in [7, 11) is -3.20. The molecule has 0 bridgehead atoms. The minimum Gasteiger partial charge on any atom is -0.383 e. The van der Waals surface area contributed by atoms with E-state index in [0.717, 1.165) is 11.9 Å². The number of sulfone groups is 1. The topological polar surface area (TPSA) is 85.1 Å². The lowest BCUT2D eigenvalue weighted by Crippen LogP contribution is -2.13. The predicted octanol–water partition coefficient (Wildman–Crippen LogP) is -0.144. The number of aromatic nitrogens is 1. The summed E-state index contributed by atoms with van der Waals surface area (Å²) in [6.45, 7) is 1.16. The van der Waals surface area contributed by atoms with Gasteiger partial charge in [0.15, 0.2) is 14.9 Å². The largest absolute Gasteiger partial charge is 0.383 e. The second kappa shape index (κ2) is 4.39. The van der Waals surface area contributed by atoms with Crippen molar-refractivity contribution in [3.05, 3.63) is 18.3 Å². The molecule has 0 unspecified atom stereocenters. The first-order chi connectivity index (χ1) is 6.54. The van der Waals surface area contributed by atoms with E-state index >= 15 is 0 Å². The van der Waals surface area contributed by atoms with Crippen LogP contribution in [0.25, 0.3) is 0 Å². The smallest absolute Gasteiger partial charge is 0.192 e. The molecular weight excluding hydrogens is 202 g/mol. The van der Waals surface area contributed by atoms with E-state index in [0.29, 0.717) is 13.1 Å². The molecule has 1 rings (SSSR count). The summed E-state index contributed by atoms with van der Waals surface area (Å²) in [6.07, 6.45) is 2.61. The van der Waals surface area contributed by atoms with Crippen molar-refractivity contribution in [2.75, 3.05) is 24.7 Å². The highest BCUT2D eigenvalue weighted by molar-refractivity contribution is 7.90.